The minimum Gasteiger partial charge on any atom is -0.316 e. The normalized spacial score (nSPS) is 23.0. The van der Waals surface area contributed by atoms with E-state index in [9.17, 15) is 8.42 Å². The molecule has 1 N–H and O–H groups in total. The molecule has 1 fully saturated rings. The second-order valence-corrected chi connectivity index (χ2v) is 11.0. The monoisotopic (exact) mass is 377 g/mol. The lowest BCUT2D eigenvalue weighted by Gasteiger charge is -2.39. The van der Waals surface area contributed by atoms with Gasteiger partial charge in [0.25, 0.3) is 0 Å². The van der Waals surface area contributed by atoms with Crippen LogP contribution in [0.25, 0.3) is 0 Å². The number of rotatable bonds is 4. The Morgan fingerprint density at radius 1 is 1.22 bits per heavy atom. The van der Waals surface area contributed by atoms with Gasteiger partial charge < -0.3 is 5.32 Å². The van der Waals surface area contributed by atoms with Crippen LogP contribution in [0.2, 0.25) is 10.0 Å². The van der Waals surface area contributed by atoms with Crippen LogP contribution >= 0.6 is 23.2 Å². The first-order valence-electron chi connectivity index (χ1n) is 7.96. The van der Waals surface area contributed by atoms with Gasteiger partial charge in [0.05, 0.1) is 20.5 Å². The largest absolute Gasteiger partial charge is 0.316 e. The van der Waals surface area contributed by atoms with E-state index in [1.54, 1.807) is 26.8 Å². The maximum absolute atomic E-state index is 12.5. The third-order valence-electron chi connectivity index (χ3n) is 4.79. The van der Waals surface area contributed by atoms with Crippen LogP contribution in [0.3, 0.4) is 0 Å². The summed E-state index contributed by atoms with van der Waals surface area (Å²) in [4.78, 5) is 0. The lowest BCUT2D eigenvalue weighted by Crippen LogP contribution is -2.45. The minimum absolute atomic E-state index is 0.179. The van der Waals surface area contributed by atoms with Gasteiger partial charge in [-0.05, 0) is 64.3 Å². The number of hydrogen-bond donors (Lipinski definition) is 1. The van der Waals surface area contributed by atoms with Gasteiger partial charge in [0.15, 0.2) is 9.84 Å². The highest BCUT2D eigenvalue weighted by Gasteiger charge is 2.38. The number of piperidine rings is 1. The van der Waals surface area contributed by atoms with Crippen molar-refractivity contribution in [2.24, 2.45) is 0 Å². The Labute approximate surface area is 149 Å². The van der Waals surface area contributed by atoms with E-state index in [1.165, 1.54) is 0 Å². The third kappa shape index (κ3) is 4.22. The first-order chi connectivity index (χ1) is 10.6. The first kappa shape index (κ1) is 19.0. The summed E-state index contributed by atoms with van der Waals surface area (Å²) in [5.41, 5.74) is 0.869. The van der Waals surface area contributed by atoms with E-state index in [1.807, 2.05) is 12.1 Å². The van der Waals surface area contributed by atoms with Gasteiger partial charge in [-0.25, -0.2) is 8.42 Å². The molecule has 1 heterocycles. The van der Waals surface area contributed by atoms with Gasteiger partial charge in [-0.1, -0.05) is 29.3 Å². The van der Waals surface area contributed by atoms with Crippen LogP contribution in [0.15, 0.2) is 18.2 Å². The van der Waals surface area contributed by atoms with Crippen LogP contribution in [0.1, 0.15) is 45.6 Å². The fraction of sp³-hybridized carbons (Fsp3) is 0.647. The molecule has 0 bridgehead atoms. The number of halogens is 2. The average molecular weight is 378 g/mol. The molecule has 0 amide bonds. The summed E-state index contributed by atoms with van der Waals surface area (Å²) in [5, 5.41) is 4.46. The van der Waals surface area contributed by atoms with E-state index in [0.29, 0.717) is 16.5 Å². The van der Waals surface area contributed by atoms with Crippen LogP contribution in [-0.4, -0.2) is 32.0 Å². The minimum atomic E-state index is -3.15. The molecular formula is C17H25Cl2NO2S. The lowest BCUT2D eigenvalue weighted by molar-refractivity contribution is 0.303. The highest BCUT2D eigenvalue weighted by molar-refractivity contribution is 7.92. The van der Waals surface area contributed by atoms with Crippen LogP contribution in [0, 0.1) is 0 Å². The van der Waals surface area contributed by atoms with Crippen molar-refractivity contribution in [3.63, 3.8) is 0 Å². The topological polar surface area (TPSA) is 46.2 Å². The summed E-state index contributed by atoms with van der Waals surface area (Å²) in [5.74, 6) is 0.179. The highest BCUT2D eigenvalue weighted by Crippen LogP contribution is 2.38. The summed E-state index contributed by atoms with van der Waals surface area (Å²) in [6.07, 6.45) is 2.57. The predicted molar refractivity (Wildman–Crippen MR) is 98.4 cm³/mol. The van der Waals surface area contributed by atoms with E-state index in [2.05, 4.69) is 5.32 Å². The number of sulfone groups is 1. The fourth-order valence-corrected chi connectivity index (χ4v) is 4.60. The van der Waals surface area contributed by atoms with Gasteiger partial charge in [0.2, 0.25) is 0 Å². The Morgan fingerprint density at radius 2 is 1.91 bits per heavy atom. The second-order valence-electron chi connectivity index (χ2n) is 7.37. The maximum Gasteiger partial charge on any atom is 0.155 e. The predicted octanol–water partition coefficient (Wildman–Crippen LogP) is 4.22. The van der Waals surface area contributed by atoms with Crippen molar-refractivity contribution >= 4 is 33.0 Å². The van der Waals surface area contributed by atoms with Gasteiger partial charge in [-0.3, -0.25) is 0 Å². The number of benzene rings is 1. The van der Waals surface area contributed by atoms with E-state index in [4.69, 9.17) is 23.2 Å². The van der Waals surface area contributed by atoms with Crippen LogP contribution in [0.4, 0.5) is 0 Å². The molecule has 0 unspecified atom stereocenters. The molecule has 130 valence electrons. The molecule has 0 aromatic heterocycles. The van der Waals surface area contributed by atoms with Crippen molar-refractivity contribution in [1.82, 2.24) is 5.32 Å². The SMILES string of the molecule is CC(C)(C)S(=O)(=O)CC[C@]1(c2ccc(Cl)c(Cl)c2)CCCNC1. The summed E-state index contributed by atoms with van der Waals surface area (Å²) in [6.45, 7) is 7.01. The Bertz CT molecular complexity index is 660. The molecule has 1 aromatic rings. The van der Waals surface area contributed by atoms with Gasteiger partial charge >= 0.3 is 0 Å². The zero-order chi connectivity index (χ0) is 17.3. The van der Waals surface area contributed by atoms with Crippen molar-refractivity contribution in [2.45, 2.75) is 50.2 Å². The van der Waals surface area contributed by atoms with Crippen molar-refractivity contribution in [1.29, 1.82) is 0 Å². The molecule has 1 aliphatic heterocycles. The van der Waals surface area contributed by atoms with E-state index >= 15 is 0 Å². The van der Waals surface area contributed by atoms with Gasteiger partial charge in [-0.2, -0.15) is 0 Å². The number of nitrogens with one attached hydrogen (secondary N) is 1. The lowest BCUT2D eigenvalue weighted by atomic mass is 9.73. The van der Waals surface area contributed by atoms with E-state index in [0.717, 1.165) is 31.5 Å². The second kappa shape index (κ2) is 6.91. The van der Waals surface area contributed by atoms with Crippen molar-refractivity contribution in [3.05, 3.63) is 33.8 Å². The van der Waals surface area contributed by atoms with Gasteiger partial charge in [0.1, 0.15) is 0 Å². The first-order valence-corrected chi connectivity index (χ1v) is 10.4. The van der Waals surface area contributed by atoms with E-state index < -0.39 is 14.6 Å². The smallest absolute Gasteiger partial charge is 0.155 e. The molecule has 1 aliphatic rings. The van der Waals surface area contributed by atoms with Crippen molar-refractivity contribution < 1.29 is 8.42 Å². The van der Waals surface area contributed by atoms with Crippen molar-refractivity contribution in [3.8, 4) is 0 Å². The standard InChI is InChI=1S/C17H25Cl2NO2S/c1-16(2,3)23(21,22)10-8-17(7-4-9-20-12-17)13-5-6-14(18)15(19)11-13/h5-6,11,20H,4,7-10,12H2,1-3H3/t17-/m1/s1. The molecule has 1 atom stereocenters. The molecule has 0 saturated carbocycles. The molecule has 6 heteroatoms. The summed E-state index contributed by atoms with van der Waals surface area (Å²) in [7, 11) is -3.15. The van der Waals surface area contributed by atoms with Crippen LogP contribution < -0.4 is 5.32 Å². The molecule has 1 saturated heterocycles. The zero-order valence-electron chi connectivity index (χ0n) is 14.0. The van der Waals surface area contributed by atoms with Crippen LogP contribution in [0.5, 0.6) is 0 Å². The summed E-state index contributed by atoms with van der Waals surface area (Å²) >= 11 is 12.2. The Hall–Kier alpha value is -0.290. The van der Waals surface area contributed by atoms with Crippen LogP contribution in [-0.2, 0) is 15.3 Å². The molecule has 0 aliphatic carbocycles. The van der Waals surface area contributed by atoms with Crippen molar-refractivity contribution in [2.75, 3.05) is 18.8 Å². The zero-order valence-corrected chi connectivity index (χ0v) is 16.3. The van der Waals surface area contributed by atoms with E-state index in [-0.39, 0.29) is 11.2 Å². The molecule has 1 aromatic carbocycles. The Balaban J connectivity index is 2.31. The van der Waals surface area contributed by atoms with Gasteiger partial charge in [-0.15, -0.1) is 0 Å². The molecule has 23 heavy (non-hydrogen) atoms. The molecule has 0 radical (unpaired) electrons. The summed E-state index contributed by atoms with van der Waals surface area (Å²) in [6, 6.07) is 5.67. The fourth-order valence-electron chi connectivity index (χ4n) is 3.03. The number of hydrogen-bond acceptors (Lipinski definition) is 3. The quantitative estimate of drug-likeness (QED) is 0.854. The Morgan fingerprint density at radius 3 is 2.43 bits per heavy atom. The Kier molecular flexibility index (Phi) is 5.72. The highest BCUT2D eigenvalue weighted by atomic mass is 35.5. The summed E-state index contributed by atoms with van der Waals surface area (Å²) < 4.78 is 24.3. The molecular weight excluding hydrogens is 353 g/mol. The average Bonchev–Trinajstić information content (AvgIpc) is 2.48. The third-order valence-corrected chi connectivity index (χ3v) is 8.13. The molecule has 2 rings (SSSR count). The maximum atomic E-state index is 12.5. The van der Waals surface area contributed by atoms with Gasteiger partial charge in [0, 0.05) is 12.0 Å². The molecule has 0 spiro atoms. The molecule has 3 nitrogen and oxygen atoms in total.